The molecule has 0 saturated carbocycles. The van der Waals surface area contributed by atoms with Crippen LogP contribution in [0.4, 0.5) is 4.39 Å². The highest BCUT2D eigenvalue weighted by Gasteiger charge is 2.10. The maximum absolute atomic E-state index is 13.1. The van der Waals surface area contributed by atoms with Gasteiger partial charge in [-0.15, -0.1) is 0 Å². The fraction of sp³-hybridized carbons (Fsp3) is 0.250. The number of carbonyl (C=O) groups is 1. The topological polar surface area (TPSA) is 22.0 Å². The van der Waals surface area contributed by atoms with E-state index in [-0.39, 0.29) is 11.9 Å². The summed E-state index contributed by atoms with van der Waals surface area (Å²) in [5, 5.41) is 0.896. The Morgan fingerprint density at radius 2 is 2.07 bits per heavy atom. The molecular formula is C12H12FNO. The van der Waals surface area contributed by atoms with Gasteiger partial charge in [0, 0.05) is 11.4 Å². The van der Waals surface area contributed by atoms with Crippen LogP contribution in [0.25, 0.3) is 10.9 Å². The number of rotatable bonds is 2. The quantitative estimate of drug-likeness (QED) is 0.690. The number of aromatic nitrogens is 1. The molecule has 0 radical (unpaired) electrons. The van der Waals surface area contributed by atoms with Crippen LogP contribution in [0.2, 0.25) is 0 Å². The Bertz CT molecular complexity index is 514. The van der Waals surface area contributed by atoms with Crippen LogP contribution in [0.1, 0.15) is 30.4 Å². The summed E-state index contributed by atoms with van der Waals surface area (Å²) in [7, 11) is 0. The molecule has 0 N–H and O–H groups in total. The molecule has 1 aromatic carbocycles. The van der Waals surface area contributed by atoms with Crippen LogP contribution in [-0.4, -0.2) is 10.9 Å². The monoisotopic (exact) mass is 205 g/mol. The summed E-state index contributed by atoms with van der Waals surface area (Å²) in [6, 6.07) is 6.48. The van der Waals surface area contributed by atoms with E-state index in [1.54, 1.807) is 12.1 Å². The molecule has 1 aromatic heterocycles. The van der Waals surface area contributed by atoms with E-state index >= 15 is 0 Å². The Hall–Kier alpha value is -1.64. The SMILES string of the molecule is CC(C)n1c(C=O)cc2ccc(F)cc21. The molecule has 2 rings (SSSR count). The van der Waals surface area contributed by atoms with Gasteiger partial charge in [0.1, 0.15) is 5.82 Å². The third-order valence-electron chi connectivity index (χ3n) is 2.47. The molecule has 0 spiro atoms. The Labute approximate surface area is 87.3 Å². The number of hydrogen-bond acceptors (Lipinski definition) is 1. The summed E-state index contributed by atoms with van der Waals surface area (Å²) in [6.45, 7) is 3.94. The fourth-order valence-corrected chi connectivity index (χ4v) is 1.88. The van der Waals surface area contributed by atoms with Crippen molar-refractivity contribution in [1.29, 1.82) is 0 Å². The lowest BCUT2D eigenvalue weighted by atomic mass is 10.2. The van der Waals surface area contributed by atoms with Gasteiger partial charge in [0.2, 0.25) is 0 Å². The molecule has 0 aliphatic carbocycles. The van der Waals surface area contributed by atoms with Gasteiger partial charge in [0.05, 0.1) is 11.2 Å². The summed E-state index contributed by atoms with van der Waals surface area (Å²) < 4.78 is 14.9. The van der Waals surface area contributed by atoms with Gasteiger partial charge in [-0.3, -0.25) is 4.79 Å². The van der Waals surface area contributed by atoms with Crippen molar-refractivity contribution in [3.8, 4) is 0 Å². The largest absolute Gasteiger partial charge is 0.336 e. The molecule has 3 heteroatoms. The van der Waals surface area contributed by atoms with E-state index in [2.05, 4.69) is 0 Å². The van der Waals surface area contributed by atoms with E-state index in [4.69, 9.17) is 0 Å². The van der Waals surface area contributed by atoms with Crippen LogP contribution in [-0.2, 0) is 0 Å². The van der Waals surface area contributed by atoms with E-state index in [0.717, 1.165) is 17.2 Å². The zero-order valence-corrected chi connectivity index (χ0v) is 8.70. The molecule has 2 aromatic rings. The molecule has 0 amide bonds. The van der Waals surface area contributed by atoms with E-state index < -0.39 is 0 Å². The second kappa shape index (κ2) is 3.50. The number of carbonyl (C=O) groups excluding carboxylic acids is 1. The normalized spacial score (nSPS) is 11.2. The standard InChI is InChI=1S/C12H12FNO/c1-8(2)14-11(7-15)5-9-3-4-10(13)6-12(9)14/h3-8H,1-2H3. The Kier molecular flexibility index (Phi) is 2.31. The Morgan fingerprint density at radius 1 is 1.33 bits per heavy atom. The lowest BCUT2D eigenvalue weighted by molar-refractivity contribution is 0.111. The van der Waals surface area contributed by atoms with Crippen LogP contribution < -0.4 is 0 Å². The van der Waals surface area contributed by atoms with Crippen molar-refractivity contribution >= 4 is 17.2 Å². The minimum Gasteiger partial charge on any atom is -0.336 e. The van der Waals surface area contributed by atoms with Crippen molar-refractivity contribution in [3.63, 3.8) is 0 Å². The summed E-state index contributed by atoms with van der Waals surface area (Å²) in [5.41, 5.74) is 1.36. The molecule has 0 aliphatic rings. The smallest absolute Gasteiger partial charge is 0.166 e. The molecule has 15 heavy (non-hydrogen) atoms. The number of aldehydes is 1. The minimum absolute atomic E-state index is 0.143. The van der Waals surface area contributed by atoms with Gasteiger partial charge in [-0.25, -0.2) is 4.39 Å². The van der Waals surface area contributed by atoms with Gasteiger partial charge < -0.3 is 4.57 Å². The Balaban J connectivity index is 2.82. The molecule has 0 bridgehead atoms. The first-order chi connectivity index (χ1) is 7.13. The van der Waals surface area contributed by atoms with Crippen molar-refractivity contribution in [2.75, 3.05) is 0 Å². The summed E-state index contributed by atoms with van der Waals surface area (Å²) in [6.07, 6.45) is 0.803. The first-order valence-corrected chi connectivity index (χ1v) is 4.89. The van der Waals surface area contributed by atoms with Crippen LogP contribution in [0.5, 0.6) is 0 Å². The highest BCUT2D eigenvalue weighted by molar-refractivity contribution is 5.89. The highest BCUT2D eigenvalue weighted by atomic mass is 19.1. The summed E-state index contributed by atoms with van der Waals surface area (Å²) in [4.78, 5) is 10.9. The lowest BCUT2D eigenvalue weighted by Crippen LogP contribution is -2.04. The molecule has 0 unspecified atom stereocenters. The molecule has 2 nitrogen and oxygen atoms in total. The van der Waals surface area contributed by atoms with Gasteiger partial charge in [0.25, 0.3) is 0 Å². The first-order valence-electron chi connectivity index (χ1n) is 4.89. The van der Waals surface area contributed by atoms with Crippen LogP contribution in [0, 0.1) is 5.82 Å². The predicted molar refractivity (Wildman–Crippen MR) is 57.7 cm³/mol. The average molecular weight is 205 g/mol. The Morgan fingerprint density at radius 3 is 2.67 bits per heavy atom. The predicted octanol–water partition coefficient (Wildman–Crippen LogP) is 3.17. The van der Waals surface area contributed by atoms with Crippen molar-refractivity contribution < 1.29 is 9.18 Å². The molecule has 0 aliphatic heterocycles. The molecule has 78 valence electrons. The average Bonchev–Trinajstić information content (AvgIpc) is 2.55. The number of nitrogens with zero attached hydrogens (tertiary/aromatic N) is 1. The second-order valence-corrected chi connectivity index (χ2v) is 3.85. The summed E-state index contributed by atoms with van der Waals surface area (Å²) in [5.74, 6) is -0.278. The van der Waals surface area contributed by atoms with E-state index in [9.17, 15) is 9.18 Å². The lowest BCUT2D eigenvalue weighted by Gasteiger charge is -2.11. The second-order valence-electron chi connectivity index (χ2n) is 3.85. The maximum Gasteiger partial charge on any atom is 0.166 e. The zero-order chi connectivity index (χ0) is 11.0. The van der Waals surface area contributed by atoms with Gasteiger partial charge in [-0.05, 0) is 38.1 Å². The van der Waals surface area contributed by atoms with Gasteiger partial charge in [-0.1, -0.05) is 0 Å². The van der Waals surface area contributed by atoms with Gasteiger partial charge in [-0.2, -0.15) is 0 Å². The maximum atomic E-state index is 13.1. The van der Waals surface area contributed by atoms with Gasteiger partial charge >= 0.3 is 0 Å². The number of benzene rings is 1. The molecule has 0 saturated heterocycles. The number of fused-ring (bicyclic) bond motifs is 1. The van der Waals surface area contributed by atoms with E-state index in [1.807, 2.05) is 18.4 Å². The van der Waals surface area contributed by atoms with Crippen LogP contribution in [0.3, 0.4) is 0 Å². The van der Waals surface area contributed by atoms with Crippen molar-refractivity contribution in [3.05, 3.63) is 35.8 Å². The third-order valence-corrected chi connectivity index (χ3v) is 2.47. The molecule has 0 fully saturated rings. The first kappa shape index (κ1) is 9.90. The summed E-state index contributed by atoms with van der Waals surface area (Å²) >= 11 is 0. The number of halogens is 1. The minimum atomic E-state index is -0.278. The molecule has 0 atom stereocenters. The number of hydrogen-bond donors (Lipinski definition) is 0. The van der Waals surface area contributed by atoms with Crippen molar-refractivity contribution in [1.82, 2.24) is 4.57 Å². The zero-order valence-electron chi connectivity index (χ0n) is 8.70. The van der Waals surface area contributed by atoms with E-state index in [0.29, 0.717) is 5.69 Å². The third kappa shape index (κ3) is 1.54. The van der Waals surface area contributed by atoms with Crippen LogP contribution >= 0.6 is 0 Å². The van der Waals surface area contributed by atoms with Gasteiger partial charge in [0.15, 0.2) is 6.29 Å². The van der Waals surface area contributed by atoms with Crippen molar-refractivity contribution in [2.24, 2.45) is 0 Å². The van der Waals surface area contributed by atoms with E-state index in [1.165, 1.54) is 12.1 Å². The fourth-order valence-electron chi connectivity index (χ4n) is 1.88. The van der Waals surface area contributed by atoms with Crippen LogP contribution in [0.15, 0.2) is 24.3 Å². The van der Waals surface area contributed by atoms with Crippen molar-refractivity contribution in [2.45, 2.75) is 19.9 Å². The highest BCUT2D eigenvalue weighted by Crippen LogP contribution is 2.23. The molecular weight excluding hydrogens is 193 g/mol. The molecule has 1 heterocycles.